The summed E-state index contributed by atoms with van der Waals surface area (Å²) in [6, 6.07) is 17.0. The van der Waals surface area contributed by atoms with Gasteiger partial charge in [-0.3, -0.25) is 14.5 Å². The van der Waals surface area contributed by atoms with Crippen LogP contribution in [0.2, 0.25) is 0 Å². The molecule has 1 atom stereocenters. The third kappa shape index (κ3) is 4.21. The molecule has 1 unspecified atom stereocenters. The predicted octanol–water partition coefficient (Wildman–Crippen LogP) is 6.22. The Morgan fingerprint density at radius 1 is 1.14 bits per heavy atom. The number of benzene rings is 3. The van der Waals surface area contributed by atoms with Crippen LogP contribution in [0.3, 0.4) is 0 Å². The van der Waals surface area contributed by atoms with Crippen molar-refractivity contribution in [1.82, 2.24) is 4.98 Å². The highest BCUT2D eigenvalue weighted by Gasteiger charge is 2.48. The number of aliphatic hydroxyl groups excluding tert-OH is 1. The van der Waals surface area contributed by atoms with Crippen LogP contribution in [0.25, 0.3) is 16.0 Å². The summed E-state index contributed by atoms with van der Waals surface area (Å²) < 4.78 is 20.5. The van der Waals surface area contributed by atoms with Gasteiger partial charge in [-0.25, -0.2) is 9.37 Å². The topological polar surface area (TPSA) is 79.7 Å². The molecule has 5 rings (SSSR count). The number of fused-ring (bicyclic) bond motifs is 1. The molecule has 3 aromatic carbocycles. The molecule has 176 valence electrons. The number of nitrogens with zero attached hydrogens (tertiary/aromatic N) is 2. The number of carbonyl (C=O) groups excluding carboxylic acids is 2. The molecule has 0 aliphatic carbocycles. The van der Waals surface area contributed by atoms with Crippen LogP contribution in [0.5, 0.6) is 5.75 Å². The lowest BCUT2D eigenvalue weighted by molar-refractivity contribution is -0.132. The van der Waals surface area contributed by atoms with E-state index in [4.69, 9.17) is 4.74 Å². The van der Waals surface area contributed by atoms with Crippen molar-refractivity contribution in [2.24, 2.45) is 0 Å². The molecule has 1 amide bonds. The number of ether oxygens (including phenoxy) is 1. The summed E-state index contributed by atoms with van der Waals surface area (Å²) in [5.74, 6) is -1.75. The van der Waals surface area contributed by atoms with Gasteiger partial charge in [-0.2, -0.15) is 0 Å². The van der Waals surface area contributed by atoms with Gasteiger partial charge in [0.15, 0.2) is 5.13 Å². The zero-order chi connectivity index (χ0) is 24.7. The molecule has 0 spiro atoms. The zero-order valence-corrected chi connectivity index (χ0v) is 20.8. The van der Waals surface area contributed by atoms with Gasteiger partial charge in [0.2, 0.25) is 0 Å². The molecule has 1 aliphatic heterocycles. The molecule has 1 N–H and O–H groups in total. The summed E-state index contributed by atoms with van der Waals surface area (Å²) in [4.78, 5) is 32.3. The maximum Gasteiger partial charge on any atom is 0.301 e. The lowest BCUT2D eigenvalue weighted by atomic mass is 9.95. The number of amides is 1. The van der Waals surface area contributed by atoms with E-state index in [0.717, 1.165) is 15.8 Å². The summed E-state index contributed by atoms with van der Waals surface area (Å²) in [6.45, 7) is 2.36. The fourth-order valence-electron chi connectivity index (χ4n) is 4.04. The molecular weight excluding hydrogens is 535 g/mol. The molecule has 1 fully saturated rings. The van der Waals surface area contributed by atoms with E-state index in [1.807, 2.05) is 13.0 Å². The first-order valence-corrected chi connectivity index (χ1v) is 12.3. The van der Waals surface area contributed by atoms with Crippen molar-refractivity contribution in [3.05, 3.63) is 93.7 Å². The van der Waals surface area contributed by atoms with Crippen molar-refractivity contribution in [3.8, 4) is 5.75 Å². The first-order valence-electron chi connectivity index (χ1n) is 10.7. The molecule has 6 nitrogen and oxygen atoms in total. The van der Waals surface area contributed by atoms with Gasteiger partial charge in [-0.15, -0.1) is 0 Å². The highest BCUT2D eigenvalue weighted by molar-refractivity contribution is 9.10. The van der Waals surface area contributed by atoms with E-state index in [1.54, 1.807) is 42.5 Å². The smallest absolute Gasteiger partial charge is 0.301 e. The molecule has 35 heavy (non-hydrogen) atoms. The molecular formula is C26H18BrFN2O4S. The number of anilines is 1. The molecule has 1 saturated heterocycles. The monoisotopic (exact) mass is 552 g/mol. The van der Waals surface area contributed by atoms with Crippen molar-refractivity contribution in [3.63, 3.8) is 0 Å². The van der Waals surface area contributed by atoms with E-state index in [1.165, 1.54) is 23.1 Å². The van der Waals surface area contributed by atoms with Gasteiger partial charge in [0, 0.05) is 10.0 Å². The quantitative estimate of drug-likeness (QED) is 0.180. The van der Waals surface area contributed by atoms with Gasteiger partial charge in [-0.05, 0) is 67.1 Å². The third-order valence-electron chi connectivity index (χ3n) is 5.59. The number of aromatic nitrogens is 1. The SMILES string of the molecule is CCOc1ccc(/C(O)=C2\C(=O)C(=O)N(c3nc4ccc(F)cc4s3)C2c2cccc(Br)c2)cc1. The van der Waals surface area contributed by atoms with Gasteiger partial charge in [0.25, 0.3) is 5.78 Å². The minimum atomic E-state index is -0.926. The van der Waals surface area contributed by atoms with Gasteiger partial charge in [-0.1, -0.05) is 39.4 Å². The fraction of sp³-hybridized carbons (Fsp3) is 0.115. The second kappa shape index (κ2) is 9.24. The van der Waals surface area contributed by atoms with Crippen molar-refractivity contribution in [2.45, 2.75) is 13.0 Å². The normalized spacial score (nSPS) is 17.3. The van der Waals surface area contributed by atoms with Crippen LogP contribution in [0, 0.1) is 5.82 Å². The maximum atomic E-state index is 13.8. The van der Waals surface area contributed by atoms with Crippen molar-refractivity contribution >= 4 is 60.1 Å². The molecule has 9 heteroatoms. The van der Waals surface area contributed by atoms with E-state index in [-0.39, 0.29) is 16.5 Å². The average molecular weight is 553 g/mol. The van der Waals surface area contributed by atoms with Gasteiger partial charge in [0.1, 0.15) is 17.3 Å². The summed E-state index contributed by atoms with van der Waals surface area (Å²) in [7, 11) is 0. The summed E-state index contributed by atoms with van der Waals surface area (Å²) in [6.07, 6.45) is 0. The van der Waals surface area contributed by atoms with Crippen molar-refractivity contribution < 1.29 is 23.8 Å². The van der Waals surface area contributed by atoms with E-state index in [2.05, 4.69) is 20.9 Å². The third-order valence-corrected chi connectivity index (χ3v) is 7.10. The largest absolute Gasteiger partial charge is 0.507 e. The second-order valence-electron chi connectivity index (χ2n) is 7.79. The number of Topliss-reactive ketones (excluding diaryl/α,β-unsaturated/α-hetero) is 1. The number of aliphatic hydroxyl groups is 1. The Morgan fingerprint density at radius 2 is 1.91 bits per heavy atom. The fourth-order valence-corrected chi connectivity index (χ4v) is 5.48. The number of hydrogen-bond donors (Lipinski definition) is 1. The Balaban J connectivity index is 1.69. The van der Waals surface area contributed by atoms with Gasteiger partial charge >= 0.3 is 5.91 Å². The zero-order valence-electron chi connectivity index (χ0n) is 18.4. The first-order chi connectivity index (χ1) is 16.9. The summed E-state index contributed by atoms with van der Waals surface area (Å²) >= 11 is 4.54. The lowest BCUT2D eigenvalue weighted by Gasteiger charge is -2.23. The second-order valence-corrected chi connectivity index (χ2v) is 9.71. The molecule has 2 heterocycles. The molecule has 1 aromatic heterocycles. The number of halogens is 2. The van der Waals surface area contributed by atoms with E-state index < -0.39 is 23.5 Å². The van der Waals surface area contributed by atoms with Crippen LogP contribution in [0.1, 0.15) is 24.1 Å². The number of carbonyl (C=O) groups is 2. The van der Waals surface area contributed by atoms with Gasteiger partial charge < -0.3 is 9.84 Å². The minimum absolute atomic E-state index is 0.0531. The van der Waals surface area contributed by atoms with Crippen molar-refractivity contribution in [2.75, 3.05) is 11.5 Å². The predicted molar refractivity (Wildman–Crippen MR) is 136 cm³/mol. The Bertz CT molecular complexity index is 1500. The molecule has 1 aliphatic rings. The maximum absolute atomic E-state index is 13.8. The molecule has 4 aromatic rings. The van der Waals surface area contributed by atoms with Crippen LogP contribution in [0.15, 0.2) is 76.8 Å². The lowest BCUT2D eigenvalue weighted by Crippen LogP contribution is -2.29. The van der Waals surface area contributed by atoms with Crippen LogP contribution in [-0.2, 0) is 9.59 Å². The number of ketones is 1. The average Bonchev–Trinajstić information content (AvgIpc) is 3.37. The van der Waals surface area contributed by atoms with Crippen molar-refractivity contribution in [1.29, 1.82) is 0 Å². The molecule has 0 radical (unpaired) electrons. The standard InChI is InChI=1S/C26H18BrFN2O4S/c1-2-34-18-9-6-14(7-10-18)23(31)21-22(15-4-3-5-16(27)12-15)30(25(33)24(21)32)26-29-19-11-8-17(28)13-20(19)35-26/h3-13,22,31H,2H2,1H3/b23-21+. The van der Waals surface area contributed by atoms with Crippen LogP contribution >= 0.6 is 27.3 Å². The van der Waals surface area contributed by atoms with Gasteiger partial charge in [0.05, 0.1) is 28.4 Å². The Hall–Kier alpha value is -3.56. The number of hydrogen-bond acceptors (Lipinski definition) is 6. The Morgan fingerprint density at radius 3 is 2.63 bits per heavy atom. The number of thiazole rings is 1. The van der Waals surface area contributed by atoms with E-state index in [0.29, 0.717) is 33.7 Å². The minimum Gasteiger partial charge on any atom is -0.507 e. The van der Waals surface area contributed by atoms with E-state index >= 15 is 0 Å². The van der Waals surface area contributed by atoms with Crippen LogP contribution in [0.4, 0.5) is 9.52 Å². The number of rotatable bonds is 5. The summed E-state index contributed by atoms with van der Waals surface area (Å²) in [5.41, 5.74) is 1.44. The first kappa shape index (κ1) is 23.2. The van der Waals surface area contributed by atoms with E-state index in [9.17, 15) is 19.1 Å². The summed E-state index contributed by atoms with van der Waals surface area (Å²) in [5, 5.41) is 11.5. The van der Waals surface area contributed by atoms with Crippen LogP contribution in [-0.4, -0.2) is 28.4 Å². The molecule has 0 saturated carbocycles. The molecule has 0 bridgehead atoms. The highest BCUT2D eigenvalue weighted by Crippen LogP contribution is 2.44. The van der Waals surface area contributed by atoms with Crippen LogP contribution < -0.4 is 9.64 Å². The highest BCUT2D eigenvalue weighted by atomic mass is 79.9. The Kier molecular flexibility index (Phi) is 6.12. The Labute approximate surface area is 212 Å².